The third-order valence-corrected chi connectivity index (χ3v) is 2.66. The zero-order chi connectivity index (χ0) is 15.0. The molecule has 0 saturated heterocycles. The number of nitrogens with one attached hydrogen (secondary N) is 1. The molecule has 20 heavy (non-hydrogen) atoms. The molecule has 0 radical (unpaired) electrons. The first-order chi connectivity index (χ1) is 9.52. The number of amides is 1. The predicted molar refractivity (Wildman–Crippen MR) is 75.7 cm³/mol. The van der Waals surface area contributed by atoms with Crippen molar-refractivity contribution in [2.24, 2.45) is 0 Å². The molecule has 0 aromatic heterocycles. The second-order valence-electron chi connectivity index (χ2n) is 4.46. The van der Waals surface area contributed by atoms with Crippen LogP contribution in [0.3, 0.4) is 0 Å². The van der Waals surface area contributed by atoms with Gasteiger partial charge in [-0.3, -0.25) is 9.59 Å². The molecule has 1 rings (SSSR count). The standard InChI is InChI=1S/C15H21NO4/c1-4-19-15(18)7-8-16-14(17)10-20-13-9-11(2)5-6-12(13)3/h5-6,9H,4,7-8,10H2,1-3H3,(H,16,17). The van der Waals surface area contributed by atoms with Crippen LogP contribution in [0.4, 0.5) is 0 Å². The van der Waals surface area contributed by atoms with E-state index in [1.54, 1.807) is 6.92 Å². The van der Waals surface area contributed by atoms with E-state index in [-0.39, 0.29) is 31.4 Å². The van der Waals surface area contributed by atoms with Crippen molar-refractivity contribution in [2.45, 2.75) is 27.2 Å². The molecular formula is C15H21NO4. The fourth-order valence-corrected chi connectivity index (χ4v) is 1.59. The Kier molecular flexibility index (Phi) is 6.56. The molecule has 1 N–H and O–H groups in total. The summed E-state index contributed by atoms with van der Waals surface area (Å²) in [5.74, 6) is 0.129. The molecule has 0 aliphatic carbocycles. The molecule has 0 aliphatic heterocycles. The van der Waals surface area contributed by atoms with E-state index in [0.717, 1.165) is 11.1 Å². The summed E-state index contributed by atoms with van der Waals surface area (Å²) >= 11 is 0. The minimum Gasteiger partial charge on any atom is -0.483 e. The number of ether oxygens (including phenoxy) is 2. The molecule has 0 unspecified atom stereocenters. The van der Waals surface area contributed by atoms with Crippen molar-refractivity contribution in [3.63, 3.8) is 0 Å². The Labute approximate surface area is 119 Å². The van der Waals surface area contributed by atoms with Gasteiger partial charge < -0.3 is 14.8 Å². The summed E-state index contributed by atoms with van der Waals surface area (Å²) in [5, 5.41) is 2.61. The summed E-state index contributed by atoms with van der Waals surface area (Å²) in [7, 11) is 0. The number of carbonyl (C=O) groups excluding carboxylic acids is 2. The highest BCUT2D eigenvalue weighted by molar-refractivity contribution is 5.78. The first kappa shape index (κ1) is 16.0. The van der Waals surface area contributed by atoms with E-state index >= 15 is 0 Å². The zero-order valence-corrected chi connectivity index (χ0v) is 12.2. The number of aryl methyl sites for hydroxylation is 2. The van der Waals surface area contributed by atoms with Gasteiger partial charge in [0.1, 0.15) is 5.75 Å². The fourth-order valence-electron chi connectivity index (χ4n) is 1.59. The Morgan fingerprint density at radius 2 is 2.00 bits per heavy atom. The van der Waals surface area contributed by atoms with E-state index in [1.165, 1.54) is 0 Å². The number of esters is 1. The van der Waals surface area contributed by atoms with Gasteiger partial charge in [0.25, 0.3) is 5.91 Å². The van der Waals surface area contributed by atoms with Gasteiger partial charge in [-0.25, -0.2) is 0 Å². The SMILES string of the molecule is CCOC(=O)CCNC(=O)COc1cc(C)ccc1C. The number of hydrogen-bond donors (Lipinski definition) is 1. The van der Waals surface area contributed by atoms with Crippen molar-refractivity contribution < 1.29 is 19.1 Å². The van der Waals surface area contributed by atoms with Crippen LogP contribution in [-0.4, -0.2) is 31.6 Å². The van der Waals surface area contributed by atoms with Crippen molar-refractivity contribution in [1.29, 1.82) is 0 Å². The maximum Gasteiger partial charge on any atom is 0.307 e. The van der Waals surface area contributed by atoms with Gasteiger partial charge in [-0.2, -0.15) is 0 Å². The topological polar surface area (TPSA) is 64.6 Å². The van der Waals surface area contributed by atoms with Gasteiger partial charge in [0.15, 0.2) is 6.61 Å². The molecule has 1 amide bonds. The average Bonchev–Trinajstić information content (AvgIpc) is 2.40. The first-order valence-electron chi connectivity index (χ1n) is 6.65. The molecular weight excluding hydrogens is 258 g/mol. The lowest BCUT2D eigenvalue weighted by Crippen LogP contribution is -2.31. The average molecular weight is 279 g/mol. The van der Waals surface area contributed by atoms with Crippen molar-refractivity contribution in [3.05, 3.63) is 29.3 Å². The second-order valence-corrected chi connectivity index (χ2v) is 4.46. The highest BCUT2D eigenvalue weighted by atomic mass is 16.5. The predicted octanol–water partition coefficient (Wildman–Crippen LogP) is 1.75. The Bertz CT molecular complexity index is 471. The van der Waals surface area contributed by atoms with Crippen LogP contribution in [0.25, 0.3) is 0 Å². The Morgan fingerprint density at radius 1 is 1.25 bits per heavy atom. The summed E-state index contributed by atoms with van der Waals surface area (Å²) in [6.07, 6.45) is 0.170. The summed E-state index contributed by atoms with van der Waals surface area (Å²) < 4.78 is 10.2. The van der Waals surface area contributed by atoms with E-state index in [2.05, 4.69) is 5.32 Å². The van der Waals surface area contributed by atoms with Crippen molar-refractivity contribution in [3.8, 4) is 5.75 Å². The second kappa shape index (κ2) is 8.19. The maximum atomic E-state index is 11.6. The van der Waals surface area contributed by atoms with Gasteiger partial charge in [-0.05, 0) is 38.0 Å². The molecule has 0 spiro atoms. The number of rotatable bonds is 7. The van der Waals surface area contributed by atoms with Crippen LogP contribution in [-0.2, 0) is 14.3 Å². The molecule has 0 heterocycles. The van der Waals surface area contributed by atoms with Crippen LogP contribution in [0, 0.1) is 13.8 Å². The van der Waals surface area contributed by atoms with Crippen LogP contribution in [0.1, 0.15) is 24.5 Å². The van der Waals surface area contributed by atoms with Crippen molar-refractivity contribution in [2.75, 3.05) is 19.8 Å². The largest absolute Gasteiger partial charge is 0.483 e. The third-order valence-electron chi connectivity index (χ3n) is 2.66. The molecule has 1 aromatic rings. The van der Waals surface area contributed by atoms with Crippen LogP contribution < -0.4 is 10.1 Å². The normalized spacial score (nSPS) is 9.95. The minimum atomic E-state index is -0.316. The summed E-state index contributed by atoms with van der Waals surface area (Å²) in [5.41, 5.74) is 2.06. The van der Waals surface area contributed by atoms with Gasteiger partial charge in [0.05, 0.1) is 13.0 Å². The highest BCUT2D eigenvalue weighted by Gasteiger charge is 2.06. The summed E-state index contributed by atoms with van der Waals surface area (Å²) in [4.78, 5) is 22.6. The van der Waals surface area contributed by atoms with Gasteiger partial charge in [-0.15, -0.1) is 0 Å². The lowest BCUT2D eigenvalue weighted by Gasteiger charge is -2.10. The smallest absolute Gasteiger partial charge is 0.307 e. The molecule has 110 valence electrons. The van der Waals surface area contributed by atoms with Crippen molar-refractivity contribution >= 4 is 11.9 Å². The molecule has 0 fully saturated rings. The van der Waals surface area contributed by atoms with Gasteiger partial charge >= 0.3 is 5.97 Å². The quantitative estimate of drug-likeness (QED) is 0.772. The van der Waals surface area contributed by atoms with Crippen LogP contribution in [0.2, 0.25) is 0 Å². The Morgan fingerprint density at radius 3 is 2.70 bits per heavy atom. The summed E-state index contributed by atoms with van der Waals surface area (Å²) in [6.45, 7) is 6.18. The number of benzene rings is 1. The monoisotopic (exact) mass is 279 g/mol. The van der Waals surface area contributed by atoms with Crippen molar-refractivity contribution in [1.82, 2.24) is 5.32 Å². The van der Waals surface area contributed by atoms with E-state index in [4.69, 9.17) is 9.47 Å². The minimum absolute atomic E-state index is 0.0624. The lowest BCUT2D eigenvalue weighted by atomic mass is 10.1. The molecule has 0 saturated carbocycles. The zero-order valence-electron chi connectivity index (χ0n) is 12.2. The van der Waals surface area contributed by atoms with E-state index in [9.17, 15) is 9.59 Å². The molecule has 0 bridgehead atoms. The van der Waals surface area contributed by atoms with Crippen LogP contribution in [0.15, 0.2) is 18.2 Å². The van der Waals surface area contributed by atoms with E-state index in [0.29, 0.717) is 12.4 Å². The first-order valence-corrected chi connectivity index (χ1v) is 6.65. The molecule has 5 heteroatoms. The maximum absolute atomic E-state index is 11.6. The molecule has 0 atom stereocenters. The van der Waals surface area contributed by atoms with Gasteiger partial charge in [0, 0.05) is 6.54 Å². The Hall–Kier alpha value is -2.04. The van der Waals surface area contributed by atoms with Crippen LogP contribution in [0.5, 0.6) is 5.75 Å². The van der Waals surface area contributed by atoms with E-state index < -0.39 is 0 Å². The van der Waals surface area contributed by atoms with Gasteiger partial charge in [0.2, 0.25) is 0 Å². The number of carbonyl (C=O) groups is 2. The molecule has 5 nitrogen and oxygen atoms in total. The van der Waals surface area contributed by atoms with Crippen LogP contribution >= 0.6 is 0 Å². The lowest BCUT2D eigenvalue weighted by molar-refractivity contribution is -0.143. The summed E-state index contributed by atoms with van der Waals surface area (Å²) in [6, 6.07) is 5.83. The highest BCUT2D eigenvalue weighted by Crippen LogP contribution is 2.18. The number of hydrogen-bond acceptors (Lipinski definition) is 4. The van der Waals surface area contributed by atoms with Gasteiger partial charge in [-0.1, -0.05) is 12.1 Å². The third kappa shape index (κ3) is 5.73. The van der Waals surface area contributed by atoms with E-state index in [1.807, 2.05) is 32.0 Å². The molecule has 1 aromatic carbocycles. The fraction of sp³-hybridized carbons (Fsp3) is 0.467. The Balaban J connectivity index is 2.29. The molecule has 0 aliphatic rings.